The summed E-state index contributed by atoms with van der Waals surface area (Å²) in [5.41, 5.74) is 10.5. The molecule has 0 unspecified atom stereocenters. The SMILES string of the molecule is CCCCCCCC(=O)O.NCCCNCCN. The van der Waals surface area contributed by atoms with Crippen LogP contribution >= 0.6 is 0 Å². The van der Waals surface area contributed by atoms with E-state index in [1.54, 1.807) is 0 Å². The minimum Gasteiger partial charge on any atom is -0.481 e. The van der Waals surface area contributed by atoms with Crippen LogP contribution in [0.1, 0.15) is 51.9 Å². The van der Waals surface area contributed by atoms with E-state index >= 15 is 0 Å². The summed E-state index contributed by atoms with van der Waals surface area (Å²) in [6.45, 7) is 5.52. The maximum Gasteiger partial charge on any atom is 0.303 e. The van der Waals surface area contributed by atoms with E-state index in [1.165, 1.54) is 19.3 Å². The molecule has 0 spiro atoms. The van der Waals surface area contributed by atoms with Gasteiger partial charge in [0.1, 0.15) is 0 Å². The van der Waals surface area contributed by atoms with Gasteiger partial charge in [-0.1, -0.05) is 32.6 Å². The van der Waals surface area contributed by atoms with Gasteiger partial charge in [0.25, 0.3) is 0 Å². The van der Waals surface area contributed by atoms with E-state index in [0.717, 1.165) is 38.9 Å². The monoisotopic (exact) mass is 261 g/mol. The van der Waals surface area contributed by atoms with Gasteiger partial charge in [0.2, 0.25) is 0 Å². The topological polar surface area (TPSA) is 101 Å². The third-order valence-electron chi connectivity index (χ3n) is 2.37. The van der Waals surface area contributed by atoms with Gasteiger partial charge in [-0.05, 0) is 25.9 Å². The predicted octanol–water partition coefficient (Wildman–Crippen LogP) is 1.32. The summed E-state index contributed by atoms with van der Waals surface area (Å²) < 4.78 is 0. The van der Waals surface area contributed by atoms with Gasteiger partial charge in [-0.25, -0.2) is 0 Å². The van der Waals surface area contributed by atoms with Crippen molar-refractivity contribution in [3.63, 3.8) is 0 Å². The number of rotatable bonds is 11. The van der Waals surface area contributed by atoms with E-state index in [-0.39, 0.29) is 0 Å². The minimum absolute atomic E-state index is 0.337. The van der Waals surface area contributed by atoms with Gasteiger partial charge in [0, 0.05) is 19.5 Å². The smallest absolute Gasteiger partial charge is 0.303 e. The molecule has 0 aromatic heterocycles. The number of aliphatic carboxylic acids is 1. The summed E-state index contributed by atoms with van der Waals surface area (Å²) in [5, 5.41) is 11.4. The third kappa shape index (κ3) is 24.5. The van der Waals surface area contributed by atoms with Gasteiger partial charge in [-0.15, -0.1) is 0 Å². The van der Waals surface area contributed by atoms with E-state index in [4.69, 9.17) is 16.6 Å². The molecule has 0 bridgehead atoms. The fraction of sp³-hybridized carbons (Fsp3) is 0.923. The molecule has 6 N–H and O–H groups in total. The molecule has 110 valence electrons. The number of carbonyl (C=O) groups is 1. The Kier molecular flexibility index (Phi) is 20.5. The first kappa shape index (κ1) is 19.7. The normalized spacial score (nSPS) is 9.72. The summed E-state index contributed by atoms with van der Waals surface area (Å²) in [5.74, 6) is -0.670. The highest BCUT2D eigenvalue weighted by molar-refractivity contribution is 5.66. The number of hydrogen-bond donors (Lipinski definition) is 4. The summed E-state index contributed by atoms with van der Waals surface area (Å²) in [4.78, 5) is 10.0. The van der Waals surface area contributed by atoms with Crippen LogP contribution in [0.4, 0.5) is 0 Å². The Labute approximate surface area is 111 Å². The first-order chi connectivity index (χ1) is 8.68. The number of carboxylic acid groups (broad SMARTS) is 1. The van der Waals surface area contributed by atoms with Crippen LogP contribution in [0.25, 0.3) is 0 Å². The summed E-state index contributed by atoms with van der Waals surface area (Å²) in [7, 11) is 0. The molecule has 0 aromatic carbocycles. The zero-order valence-corrected chi connectivity index (χ0v) is 11.8. The number of carboxylic acids is 1. The summed E-state index contributed by atoms with van der Waals surface area (Å²) in [6.07, 6.45) is 6.93. The Hall–Kier alpha value is -0.650. The van der Waals surface area contributed by atoms with Gasteiger partial charge in [-0.3, -0.25) is 4.79 Å². The number of nitrogens with two attached hydrogens (primary N) is 2. The van der Waals surface area contributed by atoms with Crippen LogP contribution in [0.2, 0.25) is 0 Å². The van der Waals surface area contributed by atoms with E-state index in [0.29, 0.717) is 13.0 Å². The lowest BCUT2D eigenvalue weighted by molar-refractivity contribution is -0.137. The van der Waals surface area contributed by atoms with Crippen LogP contribution in [0.5, 0.6) is 0 Å². The lowest BCUT2D eigenvalue weighted by atomic mass is 10.1. The zero-order chi connectivity index (χ0) is 14.1. The second kappa shape index (κ2) is 18.7. The van der Waals surface area contributed by atoms with Gasteiger partial charge in [0.15, 0.2) is 0 Å². The fourth-order valence-electron chi connectivity index (χ4n) is 1.33. The fourth-order valence-corrected chi connectivity index (χ4v) is 1.33. The molecule has 0 aliphatic heterocycles. The Balaban J connectivity index is 0. The van der Waals surface area contributed by atoms with Gasteiger partial charge in [0.05, 0.1) is 0 Å². The molecule has 0 amide bonds. The van der Waals surface area contributed by atoms with Crippen molar-refractivity contribution in [2.75, 3.05) is 26.2 Å². The highest BCUT2D eigenvalue weighted by Crippen LogP contribution is 2.04. The first-order valence-corrected chi connectivity index (χ1v) is 7.01. The van der Waals surface area contributed by atoms with Gasteiger partial charge in [-0.2, -0.15) is 0 Å². The molecule has 0 saturated heterocycles. The van der Waals surface area contributed by atoms with Gasteiger partial charge < -0.3 is 21.9 Å². The van der Waals surface area contributed by atoms with Crippen LogP contribution in [0, 0.1) is 0 Å². The molecule has 0 radical (unpaired) electrons. The second-order valence-electron chi connectivity index (χ2n) is 4.24. The lowest BCUT2D eigenvalue weighted by Gasteiger charge is -1.98. The van der Waals surface area contributed by atoms with Crippen molar-refractivity contribution in [3.05, 3.63) is 0 Å². The van der Waals surface area contributed by atoms with Crippen molar-refractivity contribution in [2.45, 2.75) is 51.9 Å². The molecule has 5 heteroatoms. The molecule has 0 aliphatic rings. The highest BCUT2D eigenvalue weighted by atomic mass is 16.4. The highest BCUT2D eigenvalue weighted by Gasteiger charge is 1.94. The Bertz CT molecular complexity index is 160. The van der Waals surface area contributed by atoms with Crippen LogP contribution in [-0.4, -0.2) is 37.3 Å². The molecule has 0 rings (SSSR count). The molecule has 0 aromatic rings. The third-order valence-corrected chi connectivity index (χ3v) is 2.37. The van der Waals surface area contributed by atoms with E-state index in [9.17, 15) is 4.79 Å². The Morgan fingerprint density at radius 2 is 1.67 bits per heavy atom. The van der Waals surface area contributed by atoms with Crippen molar-refractivity contribution in [1.29, 1.82) is 0 Å². The zero-order valence-electron chi connectivity index (χ0n) is 11.8. The maximum absolute atomic E-state index is 10.0. The van der Waals surface area contributed by atoms with E-state index in [2.05, 4.69) is 12.2 Å². The van der Waals surface area contributed by atoms with Crippen LogP contribution in [-0.2, 0) is 4.79 Å². The average Bonchev–Trinajstić information content (AvgIpc) is 2.35. The number of unbranched alkanes of at least 4 members (excludes halogenated alkanes) is 4. The molecular formula is C13H31N3O2. The predicted molar refractivity (Wildman–Crippen MR) is 76.6 cm³/mol. The average molecular weight is 261 g/mol. The Morgan fingerprint density at radius 3 is 2.17 bits per heavy atom. The molecule has 0 heterocycles. The summed E-state index contributed by atoms with van der Waals surface area (Å²) in [6, 6.07) is 0. The van der Waals surface area contributed by atoms with Crippen molar-refractivity contribution in [2.24, 2.45) is 11.5 Å². The molecular weight excluding hydrogens is 230 g/mol. The largest absolute Gasteiger partial charge is 0.481 e. The van der Waals surface area contributed by atoms with E-state index in [1.807, 2.05) is 0 Å². The van der Waals surface area contributed by atoms with E-state index < -0.39 is 5.97 Å². The maximum atomic E-state index is 10.0. The summed E-state index contributed by atoms with van der Waals surface area (Å²) >= 11 is 0. The van der Waals surface area contributed by atoms with Crippen molar-refractivity contribution >= 4 is 5.97 Å². The standard InChI is InChI=1S/C8H16O2.C5H15N3/c1-2-3-4-5-6-7-8(9)10;6-2-1-4-8-5-3-7/h2-7H2,1H3,(H,9,10);8H,1-7H2. The van der Waals surface area contributed by atoms with Crippen LogP contribution in [0.3, 0.4) is 0 Å². The minimum atomic E-state index is -0.670. The van der Waals surface area contributed by atoms with Crippen LogP contribution in [0.15, 0.2) is 0 Å². The van der Waals surface area contributed by atoms with Gasteiger partial charge >= 0.3 is 5.97 Å². The first-order valence-electron chi connectivity index (χ1n) is 7.01. The van der Waals surface area contributed by atoms with Crippen molar-refractivity contribution in [3.8, 4) is 0 Å². The molecule has 5 nitrogen and oxygen atoms in total. The quantitative estimate of drug-likeness (QED) is 0.420. The molecule has 18 heavy (non-hydrogen) atoms. The van der Waals surface area contributed by atoms with Crippen molar-refractivity contribution in [1.82, 2.24) is 5.32 Å². The number of hydrogen-bond acceptors (Lipinski definition) is 4. The molecule has 0 aliphatic carbocycles. The molecule has 0 atom stereocenters. The number of nitrogens with one attached hydrogen (secondary N) is 1. The second-order valence-corrected chi connectivity index (χ2v) is 4.24. The van der Waals surface area contributed by atoms with Crippen LogP contribution < -0.4 is 16.8 Å². The molecule has 0 saturated carbocycles. The lowest BCUT2D eigenvalue weighted by Crippen LogP contribution is -2.24. The molecule has 0 fully saturated rings. The van der Waals surface area contributed by atoms with Crippen molar-refractivity contribution < 1.29 is 9.90 Å². The Morgan fingerprint density at radius 1 is 1.00 bits per heavy atom.